The summed E-state index contributed by atoms with van der Waals surface area (Å²) in [5.74, 6) is 11.2. The number of rotatable bonds is 0. The van der Waals surface area contributed by atoms with Crippen LogP contribution in [-0.4, -0.2) is 37.8 Å². The van der Waals surface area contributed by atoms with Crippen LogP contribution in [0.15, 0.2) is 0 Å². The Kier molecular flexibility index (Phi) is 13.6. The first-order valence-electron chi connectivity index (χ1n) is 20.6. The molecule has 15 atom stereocenters. The van der Waals surface area contributed by atoms with Crippen molar-refractivity contribution in [2.75, 3.05) is 19.6 Å². The van der Waals surface area contributed by atoms with Gasteiger partial charge in [-0.2, -0.15) is 55.1 Å². The standard InChI is InChI=1S/3C14H23N.Ir/c3*1-10-4-2-6-13-12(10)8-7-11-5-3-9-15-14(11)13;/h3*6,10-14H,2-5,7-9H2,1H3;/q3*-2;. The third kappa shape index (κ3) is 8.03. The predicted octanol–water partition coefficient (Wildman–Crippen LogP) is 11.4. The van der Waals surface area contributed by atoms with Gasteiger partial charge in [0, 0.05) is 20.1 Å². The van der Waals surface area contributed by atoms with Crippen molar-refractivity contribution < 1.29 is 20.1 Å². The van der Waals surface area contributed by atoms with Gasteiger partial charge in [0.1, 0.15) is 0 Å². The van der Waals surface area contributed by atoms with E-state index in [1.165, 1.54) is 116 Å². The molecule has 9 fully saturated rings. The maximum absolute atomic E-state index is 4.94. The van der Waals surface area contributed by atoms with Gasteiger partial charge in [-0.05, 0) is 17.8 Å². The molecule has 3 aliphatic heterocycles. The Hall–Kier alpha value is 0.529. The minimum absolute atomic E-state index is 0. The summed E-state index contributed by atoms with van der Waals surface area (Å²) in [6.07, 6.45) is 33.5. The molecule has 15 unspecified atom stereocenters. The van der Waals surface area contributed by atoms with Crippen molar-refractivity contribution in [2.24, 2.45) is 71.0 Å². The number of nitrogens with zero attached hydrogens (tertiary/aromatic N) is 3. The summed E-state index contributed by atoms with van der Waals surface area (Å²) in [5.41, 5.74) is 0. The molecule has 3 saturated heterocycles. The molecular formula is C42H69IrN3-6. The summed E-state index contributed by atoms with van der Waals surface area (Å²) in [5, 5.41) is 14.8. The topological polar surface area (TPSA) is 42.3 Å². The van der Waals surface area contributed by atoms with Crippen molar-refractivity contribution in [1.82, 2.24) is 0 Å². The summed E-state index contributed by atoms with van der Waals surface area (Å²) in [4.78, 5) is 0. The van der Waals surface area contributed by atoms with Crippen molar-refractivity contribution in [2.45, 2.75) is 154 Å². The number of hydrogen-bond donors (Lipinski definition) is 0. The summed E-state index contributed by atoms with van der Waals surface area (Å²) in [6.45, 7) is 10.8. The zero-order chi connectivity index (χ0) is 30.8. The van der Waals surface area contributed by atoms with Crippen molar-refractivity contribution in [1.29, 1.82) is 0 Å². The van der Waals surface area contributed by atoms with Crippen molar-refractivity contribution >= 4 is 0 Å². The van der Waals surface area contributed by atoms with E-state index in [1.54, 1.807) is 0 Å². The van der Waals surface area contributed by atoms with Crippen LogP contribution in [0.1, 0.15) is 136 Å². The molecule has 0 aromatic carbocycles. The fourth-order valence-electron chi connectivity index (χ4n) is 12.8. The molecule has 3 heterocycles. The SMILES string of the molecule is CC1CC[CH-]C2C1CCC1CCC[N-]C12.CC1CC[CH-]C2C1CCC1CCC[N-]C12.CC1CC[CH-]C2C1CCC1CCC[N-]C12.[Ir]. The van der Waals surface area contributed by atoms with Crippen LogP contribution < -0.4 is 0 Å². The van der Waals surface area contributed by atoms with Gasteiger partial charge in [-0.15, -0.1) is 19.6 Å². The van der Waals surface area contributed by atoms with E-state index in [1.807, 2.05) is 0 Å². The molecule has 0 N–H and O–H groups in total. The second kappa shape index (κ2) is 17.2. The fourth-order valence-corrected chi connectivity index (χ4v) is 12.8. The van der Waals surface area contributed by atoms with E-state index in [9.17, 15) is 0 Å². The molecule has 6 aliphatic carbocycles. The van der Waals surface area contributed by atoms with Gasteiger partial charge in [-0.3, -0.25) is 0 Å². The average molecular weight is 808 g/mol. The summed E-state index contributed by atoms with van der Waals surface area (Å²) in [7, 11) is 0. The van der Waals surface area contributed by atoms with E-state index in [2.05, 4.69) is 40.0 Å². The quantitative estimate of drug-likeness (QED) is 0.219. The van der Waals surface area contributed by atoms with E-state index < -0.39 is 0 Å². The second-order valence-electron chi connectivity index (χ2n) is 17.7. The minimum atomic E-state index is 0. The Labute approximate surface area is 299 Å². The largest absolute Gasteiger partial charge is 0.661 e. The number of hydrogen-bond acceptors (Lipinski definition) is 0. The minimum Gasteiger partial charge on any atom is -0.661 e. The molecule has 0 aromatic heterocycles. The summed E-state index contributed by atoms with van der Waals surface area (Å²) >= 11 is 0. The first-order valence-corrected chi connectivity index (χ1v) is 20.6. The second-order valence-corrected chi connectivity index (χ2v) is 17.7. The van der Waals surface area contributed by atoms with Crippen molar-refractivity contribution in [3.8, 4) is 0 Å². The van der Waals surface area contributed by atoms with E-state index >= 15 is 0 Å². The number of fused-ring (bicyclic) bond motifs is 9. The molecule has 9 aliphatic rings. The third-order valence-corrected chi connectivity index (χ3v) is 15.3. The van der Waals surface area contributed by atoms with Crippen molar-refractivity contribution in [3.63, 3.8) is 0 Å². The Morgan fingerprint density at radius 2 is 0.696 bits per heavy atom. The molecule has 6 saturated carbocycles. The van der Waals surface area contributed by atoms with Crippen LogP contribution in [0.5, 0.6) is 0 Å². The molecular weight excluding hydrogens is 739 g/mol. The van der Waals surface area contributed by atoms with Crippen LogP contribution in [0.3, 0.4) is 0 Å². The molecule has 0 amide bonds. The van der Waals surface area contributed by atoms with Gasteiger partial charge >= 0.3 is 0 Å². The van der Waals surface area contributed by atoms with E-state index in [0.717, 1.165) is 109 Å². The molecule has 0 bridgehead atoms. The molecule has 0 spiro atoms. The van der Waals surface area contributed by atoms with Gasteiger partial charge in [-0.25, -0.2) is 0 Å². The average Bonchev–Trinajstić information content (AvgIpc) is 3.09. The molecule has 0 aromatic rings. The molecule has 4 heteroatoms. The fraction of sp³-hybridized carbons (Fsp3) is 0.929. The first kappa shape index (κ1) is 36.3. The Morgan fingerprint density at radius 3 is 1.00 bits per heavy atom. The number of piperidine rings is 3. The molecule has 3 nitrogen and oxygen atoms in total. The monoisotopic (exact) mass is 809 g/mol. The molecule has 1 radical (unpaired) electrons. The maximum Gasteiger partial charge on any atom is 0 e. The van der Waals surface area contributed by atoms with Crippen LogP contribution >= 0.6 is 0 Å². The van der Waals surface area contributed by atoms with E-state index in [-0.39, 0.29) is 20.1 Å². The predicted molar refractivity (Wildman–Crippen MR) is 191 cm³/mol. The zero-order valence-corrected chi connectivity index (χ0v) is 32.3. The van der Waals surface area contributed by atoms with E-state index in [4.69, 9.17) is 16.0 Å². The Bertz CT molecular complexity index is 797. The van der Waals surface area contributed by atoms with Gasteiger partial charge in [0.15, 0.2) is 0 Å². The van der Waals surface area contributed by atoms with Crippen LogP contribution in [0, 0.1) is 90.3 Å². The Morgan fingerprint density at radius 1 is 0.391 bits per heavy atom. The summed E-state index contributed by atoms with van der Waals surface area (Å²) in [6, 6.07) is 2.17. The zero-order valence-electron chi connectivity index (χ0n) is 29.9. The van der Waals surface area contributed by atoms with Crippen LogP contribution in [0.4, 0.5) is 0 Å². The smallest absolute Gasteiger partial charge is 0 e. The third-order valence-electron chi connectivity index (χ3n) is 15.3. The molecule has 46 heavy (non-hydrogen) atoms. The van der Waals surface area contributed by atoms with Gasteiger partial charge < -0.3 is 35.2 Å². The van der Waals surface area contributed by atoms with Gasteiger partial charge in [0.25, 0.3) is 0 Å². The van der Waals surface area contributed by atoms with Crippen LogP contribution in [-0.2, 0) is 20.1 Å². The summed E-state index contributed by atoms with van der Waals surface area (Å²) < 4.78 is 0. The van der Waals surface area contributed by atoms with Crippen LogP contribution in [0.2, 0.25) is 0 Å². The van der Waals surface area contributed by atoms with Gasteiger partial charge in [-0.1, -0.05) is 153 Å². The Balaban J connectivity index is 0.000000120. The normalized spacial score (nSPS) is 49.5. The van der Waals surface area contributed by atoms with Crippen LogP contribution in [0.25, 0.3) is 16.0 Å². The molecule has 267 valence electrons. The first-order chi connectivity index (χ1) is 22.1. The molecule has 9 rings (SSSR count). The van der Waals surface area contributed by atoms with E-state index in [0.29, 0.717) is 0 Å². The van der Waals surface area contributed by atoms with Gasteiger partial charge in [0.2, 0.25) is 0 Å². The maximum atomic E-state index is 4.94. The van der Waals surface area contributed by atoms with Gasteiger partial charge in [0.05, 0.1) is 0 Å². The van der Waals surface area contributed by atoms with Crippen molar-refractivity contribution in [3.05, 3.63) is 35.2 Å².